The summed E-state index contributed by atoms with van der Waals surface area (Å²) < 4.78 is 13.6. The van der Waals surface area contributed by atoms with Gasteiger partial charge in [-0.2, -0.15) is 0 Å². The fourth-order valence-corrected chi connectivity index (χ4v) is 1.58. The van der Waals surface area contributed by atoms with E-state index in [2.05, 4.69) is 10.6 Å². The van der Waals surface area contributed by atoms with Crippen molar-refractivity contribution in [2.75, 3.05) is 11.9 Å². The topological polar surface area (TPSA) is 41.1 Å². The Morgan fingerprint density at radius 2 is 2.12 bits per heavy atom. The monoisotopic (exact) mass is 258 g/mol. The molecule has 1 aromatic rings. The van der Waals surface area contributed by atoms with Gasteiger partial charge in [-0.1, -0.05) is 24.6 Å². The van der Waals surface area contributed by atoms with Gasteiger partial charge >= 0.3 is 0 Å². The quantitative estimate of drug-likeness (QED) is 0.872. The molecule has 2 N–H and O–H groups in total. The number of halogens is 2. The number of benzene rings is 1. The summed E-state index contributed by atoms with van der Waals surface area (Å²) in [5.74, 6) is -0.921. The van der Waals surface area contributed by atoms with Crippen molar-refractivity contribution in [1.29, 1.82) is 0 Å². The molecule has 0 saturated heterocycles. The molecule has 0 aliphatic carbocycles. The minimum absolute atomic E-state index is 0.0101. The molecule has 0 bridgehead atoms. The third kappa shape index (κ3) is 3.41. The van der Waals surface area contributed by atoms with Crippen LogP contribution in [0.5, 0.6) is 0 Å². The number of likely N-dealkylation sites (N-methyl/N-ethyl adjacent to an activating group) is 1. The maximum Gasteiger partial charge on any atom is 0.244 e. The molecule has 0 unspecified atom stereocenters. The zero-order valence-corrected chi connectivity index (χ0v) is 10.9. The van der Waals surface area contributed by atoms with E-state index in [1.807, 2.05) is 6.92 Å². The summed E-state index contributed by atoms with van der Waals surface area (Å²) in [6.07, 6.45) is 0. The second kappa shape index (κ2) is 5.47. The Kier molecular flexibility index (Phi) is 4.48. The first-order valence-corrected chi connectivity index (χ1v) is 5.76. The fraction of sp³-hybridized carbons (Fsp3) is 0.417. The van der Waals surface area contributed by atoms with Crippen molar-refractivity contribution >= 4 is 23.2 Å². The van der Waals surface area contributed by atoms with Gasteiger partial charge in [0.05, 0.1) is 16.2 Å². The second-order valence-electron chi connectivity index (χ2n) is 4.21. The molecule has 0 aromatic heterocycles. The first kappa shape index (κ1) is 13.9. The van der Waals surface area contributed by atoms with Crippen LogP contribution in [0.1, 0.15) is 20.8 Å². The Hall–Kier alpha value is -1.13. The predicted molar refractivity (Wildman–Crippen MR) is 67.8 cm³/mol. The Balaban J connectivity index is 2.85. The Bertz CT molecular complexity index is 421. The van der Waals surface area contributed by atoms with Crippen LogP contribution in [0, 0.1) is 5.82 Å². The van der Waals surface area contributed by atoms with Crippen molar-refractivity contribution in [2.24, 2.45) is 0 Å². The number of rotatable bonds is 4. The molecule has 1 rings (SSSR count). The summed E-state index contributed by atoms with van der Waals surface area (Å²) in [7, 11) is 0. The van der Waals surface area contributed by atoms with Crippen LogP contribution >= 0.6 is 11.6 Å². The molecule has 1 amide bonds. The average molecular weight is 259 g/mol. The Morgan fingerprint density at radius 3 is 2.71 bits per heavy atom. The van der Waals surface area contributed by atoms with Crippen LogP contribution in [0.25, 0.3) is 0 Å². The number of carbonyl (C=O) groups is 1. The summed E-state index contributed by atoms with van der Waals surface area (Å²) in [6, 6.07) is 4.49. The minimum Gasteiger partial charge on any atom is -0.322 e. The molecular formula is C12H16ClFN2O. The van der Waals surface area contributed by atoms with E-state index in [0.29, 0.717) is 6.54 Å². The van der Waals surface area contributed by atoms with Crippen LogP contribution < -0.4 is 10.6 Å². The van der Waals surface area contributed by atoms with Crippen molar-refractivity contribution in [1.82, 2.24) is 5.32 Å². The summed E-state index contributed by atoms with van der Waals surface area (Å²) in [5.41, 5.74) is -0.669. The molecule has 0 aliphatic heterocycles. The largest absolute Gasteiger partial charge is 0.322 e. The van der Waals surface area contributed by atoms with E-state index in [1.54, 1.807) is 19.9 Å². The van der Waals surface area contributed by atoms with Gasteiger partial charge in [0.2, 0.25) is 5.91 Å². The second-order valence-corrected chi connectivity index (χ2v) is 4.62. The van der Waals surface area contributed by atoms with E-state index in [0.717, 1.165) is 0 Å². The van der Waals surface area contributed by atoms with Gasteiger partial charge in [-0.05, 0) is 32.5 Å². The molecule has 0 saturated carbocycles. The first-order chi connectivity index (χ1) is 7.88. The highest BCUT2D eigenvalue weighted by atomic mass is 35.5. The summed E-state index contributed by atoms with van der Waals surface area (Å²) >= 11 is 5.63. The van der Waals surface area contributed by atoms with Crippen molar-refractivity contribution < 1.29 is 9.18 Å². The van der Waals surface area contributed by atoms with E-state index >= 15 is 0 Å². The lowest BCUT2D eigenvalue weighted by atomic mass is 10.0. The highest BCUT2D eigenvalue weighted by molar-refractivity contribution is 6.31. The Morgan fingerprint density at radius 1 is 1.47 bits per heavy atom. The highest BCUT2D eigenvalue weighted by Gasteiger charge is 2.26. The van der Waals surface area contributed by atoms with E-state index in [-0.39, 0.29) is 16.6 Å². The summed E-state index contributed by atoms with van der Waals surface area (Å²) in [6.45, 7) is 6.01. The van der Waals surface area contributed by atoms with Crippen LogP contribution in [-0.4, -0.2) is 18.0 Å². The van der Waals surface area contributed by atoms with Gasteiger partial charge in [0.15, 0.2) is 5.82 Å². The zero-order valence-electron chi connectivity index (χ0n) is 10.1. The molecule has 0 spiro atoms. The predicted octanol–water partition coefficient (Wildman–Crippen LogP) is 2.81. The molecule has 0 radical (unpaired) electrons. The lowest BCUT2D eigenvalue weighted by Gasteiger charge is -2.24. The molecular weight excluding hydrogens is 243 g/mol. The van der Waals surface area contributed by atoms with Gasteiger partial charge < -0.3 is 10.6 Å². The minimum atomic E-state index is -0.760. The van der Waals surface area contributed by atoms with E-state index in [4.69, 9.17) is 11.6 Å². The van der Waals surface area contributed by atoms with Crippen molar-refractivity contribution in [2.45, 2.75) is 26.3 Å². The highest BCUT2D eigenvalue weighted by Crippen LogP contribution is 2.22. The maximum atomic E-state index is 13.6. The van der Waals surface area contributed by atoms with Gasteiger partial charge in [0, 0.05) is 0 Å². The zero-order chi connectivity index (χ0) is 13.1. The number of amides is 1. The Labute approximate surface area is 105 Å². The smallest absolute Gasteiger partial charge is 0.244 e. The van der Waals surface area contributed by atoms with Crippen molar-refractivity contribution in [3.63, 3.8) is 0 Å². The number of nitrogens with one attached hydrogen (secondary N) is 2. The number of hydrogen-bond donors (Lipinski definition) is 2. The van der Waals surface area contributed by atoms with Gasteiger partial charge in [-0.15, -0.1) is 0 Å². The van der Waals surface area contributed by atoms with Gasteiger partial charge in [-0.3, -0.25) is 4.79 Å². The SMILES string of the molecule is CCNC(C)(C)C(=O)Nc1cccc(Cl)c1F. The number of carbonyl (C=O) groups excluding carboxylic acids is 1. The number of hydrogen-bond acceptors (Lipinski definition) is 2. The van der Waals surface area contributed by atoms with E-state index < -0.39 is 11.4 Å². The molecule has 0 fully saturated rings. The lowest BCUT2D eigenvalue weighted by Crippen LogP contribution is -2.49. The molecule has 0 aliphatic rings. The summed E-state index contributed by atoms with van der Waals surface area (Å²) in [4.78, 5) is 11.9. The molecule has 3 nitrogen and oxygen atoms in total. The number of anilines is 1. The third-order valence-corrected chi connectivity index (χ3v) is 2.68. The van der Waals surface area contributed by atoms with Crippen LogP contribution in [0.15, 0.2) is 18.2 Å². The van der Waals surface area contributed by atoms with Gasteiger partial charge in [0.25, 0.3) is 0 Å². The molecule has 1 aromatic carbocycles. The summed E-state index contributed by atoms with van der Waals surface area (Å²) in [5, 5.41) is 5.51. The van der Waals surface area contributed by atoms with Gasteiger partial charge in [-0.25, -0.2) is 4.39 Å². The normalized spacial score (nSPS) is 11.4. The molecule has 94 valence electrons. The third-order valence-electron chi connectivity index (χ3n) is 2.39. The van der Waals surface area contributed by atoms with Gasteiger partial charge in [0.1, 0.15) is 0 Å². The molecule has 5 heteroatoms. The van der Waals surface area contributed by atoms with E-state index in [9.17, 15) is 9.18 Å². The van der Waals surface area contributed by atoms with Crippen LogP contribution in [0.2, 0.25) is 5.02 Å². The average Bonchev–Trinajstić information content (AvgIpc) is 2.24. The van der Waals surface area contributed by atoms with Crippen LogP contribution in [0.3, 0.4) is 0 Å². The van der Waals surface area contributed by atoms with Crippen molar-refractivity contribution in [3.05, 3.63) is 29.0 Å². The van der Waals surface area contributed by atoms with Crippen molar-refractivity contribution in [3.8, 4) is 0 Å². The molecule has 17 heavy (non-hydrogen) atoms. The standard InChI is InChI=1S/C12H16ClFN2O/c1-4-15-12(2,3)11(17)16-9-7-5-6-8(13)10(9)14/h5-7,15H,4H2,1-3H3,(H,16,17). The lowest BCUT2D eigenvalue weighted by molar-refractivity contribution is -0.121. The molecule has 0 heterocycles. The molecule has 0 atom stereocenters. The fourth-order valence-electron chi connectivity index (χ4n) is 1.40. The first-order valence-electron chi connectivity index (χ1n) is 5.39. The van der Waals surface area contributed by atoms with Crippen LogP contribution in [0.4, 0.5) is 10.1 Å². The van der Waals surface area contributed by atoms with Crippen LogP contribution in [-0.2, 0) is 4.79 Å². The van der Waals surface area contributed by atoms with E-state index in [1.165, 1.54) is 12.1 Å². The maximum absolute atomic E-state index is 13.6.